The van der Waals surface area contributed by atoms with Gasteiger partial charge in [-0.05, 0) is 18.1 Å². The summed E-state index contributed by atoms with van der Waals surface area (Å²) in [6, 6.07) is 17.1. The van der Waals surface area contributed by atoms with Crippen LogP contribution in [0, 0.1) is 5.92 Å². The lowest BCUT2D eigenvalue weighted by atomic mass is 9.81. The van der Waals surface area contributed by atoms with Gasteiger partial charge in [0.2, 0.25) is 5.34 Å². The molecule has 0 aliphatic carbocycles. The predicted octanol–water partition coefficient (Wildman–Crippen LogP) is 4.44. The molecule has 0 bridgehead atoms. The van der Waals surface area contributed by atoms with E-state index < -0.39 is 31.6 Å². The number of rotatable bonds is 4. The van der Waals surface area contributed by atoms with Crippen LogP contribution in [0.25, 0.3) is 0 Å². The Hall–Kier alpha value is -1.26. The molecular weight excluding hydrogens is 374 g/mol. The molecule has 4 unspecified atom stereocenters. The highest BCUT2D eigenvalue weighted by Gasteiger charge is 2.74. The highest BCUT2D eigenvalue weighted by atomic mass is 31.2. The summed E-state index contributed by atoms with van der Waals surface area (Å²) in [5.74, 6) is -0.827. The summed E-state index contributed by atoms with van der Waals surface area (Å²) in [6.07, 6.45) is 0. The van der Waals surface area contributed by atoms with Crippen LogP contribution < -0.4 is 0 Å². The fourth-order valence-corrected chi connectivity index (χ4v) is 8.33. The van der Waals surface area contributed by atoms with Crippen molar-refractivity contribution in [2.24, 2.45) is 5.92 Å². The van der Waals surface area contributed by atoms with Crippen molar-refractivity contribution in [2.75, 3.05) is 7.11 Å². The highest BCUT2D eigenvalue weighted by molar-refractivity contribution is 7.58. The molecule has 3 rings (SSSR count). The number of hydrogen-bond donors (Lipinski definition) is 2. The molecule has 0 aromatic heterocycles. The van der Waals surface area contributed by atoms with Gasteiger partial charge in [-0.15, -0.1) is 0 Å². The molecule has 2 aromatic rings. The molecule has 1 saturated heterocycles. The first kappa shape index (κ1) is 19.5. The Bertz CT molecular complexity index is 881. The summed E-state index contributed by atoms with van der Waals surface area (Å²) in [4.78, 5) is 20.6. The van der Waals surface area contributed by atoms with Crippen molar-refractivity contribution in [3.63, 3.8) is 0 Å². The van der Waals surface area contributed by atoms with E-state index in [9.17, 15) is 18.9 Å². The van der Waals surface area contributed by atoms with Gasteiger partial charge in [0.25, 0.3) is 0 Å². The molecule has 1 fully saturated rings. The Morgan fingerprint density at radius 3 is 1.92 bits per heavy atom. The van der Waals surface area contributed by atoms with Crippen LogP contribution in [-0.4, -0.2) is 16.9 Å². The van der Waals surface area contributed by atoms with Crippen LogP contribution in [0.5, 0.6) is 0 Å². The van der Waals surface area contributed by atoms with Crippen LogP contribution in [0.1, 0.15) is 25.0 Å². The van der Waals surface area contributed by atoms with E-state index in [2.05, 4.69) is 0 Å². The van der Waals surface area contributed by atoms with Crippen LogP contribution in [-0.2, 0) is 28.7 Å². The largest absolute Gasteiger partial charge is 0.362 e. The maximum atomic E-state index is 13.7. The van der Waals surface area contributed by atoms with Crippen LogP contribution >= 0.6 is 15.2 Å². The summed E-state index contributed by atoms with van der Waals surface area (Å²) in [5.41, 5.74) is 0.918. The zero-order chi connectivity index (χ0) is 19.2. The van der Waals surface area contributed by atoms with Gasteiger partial charge in [-0.1, -0.05) is 67.6 Å². The first-order valence-corrected chi connectivity index (χ1v) is 11.3. The van der Waals surface area contributed by atoms with Crippen molar-refractivity contribution in [1.29, 1.82) is 0 Å². The second-order valence-corrected chi connectivity index (χ2v) is 10.8. The minimum Gasteiger partial charge on any atom is -0.322 e. The lowest BCUT2D eigenvalue weighted by Crippen LogP contribution is -2.37. The SMILES string of the molecule is COP1(=O)OC(c2ccccc2)(P(=O)(O)O)C(C)C1(C)c1ccccc1. The Morgan fingerprint density at radius 1 is 1.04 bits per heavy atom. The first-order chi connectivity index (χ1) is 12.1. The zero-order valence-electron chi connectivity index (χ0n) is 14.8. The molecule has 1 heterocycles. The van der Waals surface area contributed by atoms with Crippen molar-refractivity contribution in [3.8, 4) is 0 Å². The fraction of sp³-hybridized carbons (Fsp3) is 0.333. The predicted molar refractivity (Wildman–Crippen MR) is 98.8 cm³/mol. The standard InChI is InChI=1S/C18H22O6P2/c1-14-17(2,15-10-6-4-7-11-15)26(22,23-3)24-18(14,25(19,20)21)16-12-8-5-9-13-16/h4-14H,1-3H3,(H2,19,20,21). The van der Waals surface area contributed by atoms with Crippen LogP contribution in [0.4, 0.5) is 0 Å². The third kappa shape index (κ3) is 2.49. The third-order valence-electron chi connectivity index (χ3n) is 5.48. The quantitative estimate of drug-likeness (QED) is 0.743. The molecule has 0 saturated carbocycles. The second-order valence-electron chi connectivity index (χ2n) is 6.61. The van der Waals surface area contributed by atoms with E-state index in [1.54, 1.807) is 68.4 Å². The Balaban J connectivity index is 2.34. The fourth-order valence-electron chi connectivity index (χ4n) is 3.84. The van der Waals surface area contributed by atoms with Gasteiger partial charge < -0.3 is 14.3 Å². The number of hydrogen-bond acceptors (Lipinski definition) is 4. The number of benzene rings is 2. The van der Waals surface area contributed by atoms with Gasteiger partial charge in [-0.2, -0.15) is 0 Å². The van der Waals surface area contributed by atoms with Gasteiger partial charge in [0.15, 0.2) is 0 Å². The van der Waals surface area contributed by atoms with Gasteiger partial charge in [-0.3, -0.25) is 13.7 Å². The lowest BCUT2D eigenvalue weighted by molar-refractivity contribution is 0.0829. The molecular formula is C18H22O6P2. The Labute approximate surface area is 152 Å². The van der Waals surface area contributed by atoms with E-state index in [0.29, 0.717) is 5.56 Å². The van der Waals surface area contributed by atoms with Gasteiger partial charge in [-0.25, -0.2) is 0 Å². The molecule has 1 aliphatic heterocycles. The smallest absolute Gasteiger partial charge is 0.322 e. The topological polar surface area (TPSA) is 93.1 Å². The van der Waals surface area contributed by atoms with Gasteiger partial charge in [0.1, 0.15) is 5.16 Å². The molecule has 0 radical (unpaired) electrons. The van der Waals surface area contributed by atoms with Crippen LogP contribution in [0.3, 0.4) is 0 Å². The van der Waals surface area contributed by atoms with Crippen molar-refractivity contribution >= 4 is 15.2 Å². The van der Waals surface area contributed by atoms with Crippen LogP contribution in [0.15, 0.2) is 60.7 Å². The molecule has 4 atom stereocenters. The van der Waals surface area contributed by atoms with Gasteiger partial charge >= 0.3 is 15.2 Å². The van der Waals surface area contributed by atoms with E-state index in [0.717, 1.165) is 0 Å². The van der Waals surface area contributed by atoms with Crippen LogP contribution in [0.2, 0.25) is 0 Å². The lowest BCUT2D eigenvalue weighted by Gasteiger charge is -2.36. The summed E-state index contributed by atoms with van der Waals surface area (Å²) >= 11 is 0. The maximum absolute atomic E-state index is 13.7. The summed E-state index contributed by atoms with van der Waals surface area (Å²) < 4.78 is 37.5. The average Bonchev–Trinajstić information content (AvgIpc) is 2.83. The second kappa shape index (κ2) is 6.42. The van der Waals surface area contributed by atoms with Crippen molar-refractivity contribution in [2.45, 2.75) is 24.3 Å². The van der Waals surface area contributed by atoms with Gasteiger partial charge in [0.05, 0.1) is 0 Å². The summed E-state index contributed by atoms with van der Waals surface area (Å²) in [7, 11) is -7.57. The van der Waals surface area contributed by atoms with Crippen molar-refractivity contribution in [3.05, 3.63) is 71.8 Å². The van der Waals surface area contributed by atoms with E-state index in [1.807, 2.05) is 6.07 Å². The van der Waals surface area contributed by atoms with E-state index in [1.165, 1.54) is 7.11 Å². The molecule has 0 amide bonds. The molecule has 2 aromatic carbocycles. The molecule has 2 N–H and O–H groups in total. The maximum Gasteiger partial charge on any atom is 0.362 e. The van der Waals surface area contributed by atoms with Crippen molar-refractivity contribution in [1.82, 2.24) is 0 Å². The molecule has 1 aliphatic rings. The Morgan fingerprint density at radius 2 is 1.50 bits per heavy atom. The summed E-state index contributed by atoms with van der Waals surface area (Å²) in [6.45, 7) is 3.33. The van der Waals surface area contributed by atoms with E-state index in [4.69, 9.17) is 9.05 Å². The molecule has 6 nitrogen and oxygen atoms in total. The highest BCUT2D eigenvalue weighted by Crippen LogP contribution is 2.84. The average molecular weight is 396 g/mol. The molecule has 140 valence electrons. The minimum atomic E-state index is -4.89. The normalized spacial score (nSPS) is 34.7. The first-order valence-electron chi connectivity index (χ1n) is 8.17. The minimum absolute atomic E-state index is 0.276. The van der Waals surface area contributed by atoms with Crippen molar-refractivity contribution < 1.29 is 28.0 Å². The molecule has 0 spiro atoms. The summed E-state index contributed by atoms with van der Waals surface area (Å²) in [5, 5.41) is -3.30. The zero-order valence-corrected chi connectivity index (χ0v) is 16.6. The third-order valence-corrected chi connectivity index (χ3v) is 10.0. The Kier molecular flexibility index (Phi) is 4.81. The molecule has 26 heavy (non-hydrogen) atoms. The monoisotopic (exact) mass is 396 g/mol. The molecule has 8 heteroatoms. The van der Waals surface area contributed by atoms with E-state index >= 15 is 0 Å². The van der Waals surface area contributed by atoms with E-state index in [-0.39, 0.29) is 5.56 Å². The van der Waals surface area contributed by atoms with Gasteiger partial charge in [0, 0.05) is 13.0 Å².